The van der Waals surface area contributed by atoms with E-state index in [1.807, 2.05) is 3.28 Å². The van der Waals surface area contributed by atoms with Crippen LogP contribution in [0, 0.1) is 5.92 Å². The van der Waals surface area contributed by atoms with Crippen molar-refractivity contribution in [1.29, 1.82) is 0 Å². The van der Waals surface area contributed by atoms with Crippen LogP contribution in [0.2, 0.25) is 4.63 Å². The van der Waals surface area contributed by atoms with Gasteiger partial charge < -0.3 is 0 Å². The van der Waals surface area contributed by atoms with Gasteiger partial charge in [-0.05, 0) is 0 Å². The molecule has 0 N–H and O–H groups in total. The molecule has 2 aliphatic carbocycles. The van der Waals surface area contributed by atoms with Gasteiger partial charge in [-0.3, -0.25) is 0 Å². The molecule has 0 aliphatic heterocycles. The van der Waals surface area contributed by atoms with E-state index >= 15 is 0 Å². The maximum atomic E-state index is 2.72. The van der Waals surface area contributed by atoms with E-state index in [4.69, 9.17) is 0 Å². The fourth-order valence-electron chi connectivity index (χ4n) is 6.24. The van der Waals surface area contributed by atoms with Gasteiger partial charge in [-0.15, -0.1) is 24.8 Å². The summed E-state index contributed by atoms with van der Waals surface area (Å²) in [5, 5.41) is 0. The molecule has 4 heteroatoms. The number of hydrogen-bond acceptors (Lipinski definition) is 0. The molecular formula is C31H46Cl2SiZr. The molecule has 0 spiro atoms. The van der Waals surface area contributed by atoms with Gasteiger partial charge in [0.2, 0.25) is 0 Å². The molecule has 2 aliphatic rings. The number of hydrogen-bond donors (Lipinski definition) is 0. The van der Waals surface area contributed by atoms with Crippen LogP contribution in [0.25, 0.3) is 17.2 Å². The summed E-state index contributed by atoms with van der Waals surface area (Å²) in [6, 6.07) is 17.9. The molecule has 0 nitrogen and oxygen atoms in total. The Kier molecular flexibility index (Phi) is 13.2. The molecule has 0 saturated carbocycles. The second-order valence-corrected chi connectivity index (χ2v) is 34.1. The Morgan fingerprint density at radius 3 is 1.97 bits per heavy atom. The van der Waals surface area contributed by atoms with Crippen molar-refractivity contribution >= 4 is 38.3 Å². The maximum Gasteiger partial charge on any atom is -0.0536 e. The molecular weight excluding hydrogens is 563 g/mol. The molecule has 4 rings (SSSR count). The molecule has 3 unspecified atom stereocenters. The van der Waals surface area contributed by atoms with E-state index in [9.17, 15) is 0 Å². The summed E-state index contributed by atoms with van der Waals surface area (Å²) < 4.78 is 5.30. The van der Waals surface area contributed by atoms with Crippen LogP contribution in [-0.4, -0.2) is 7.37 Å². The zero-order chi connectivity index (χ0) is 24.2. The average Bonchev–Trinajstić information content (AvgIpc) is 3.27. The first kappa shape index (κ1) is 32.4. The summed E-state index contributed by atoms with van der Waals surface area (Å²) in [6.45, 7) is 14.0. The van der Waals surface area contributed by atoms with E-state index < -0.39 is 19.4 Å². The second kappa shape index (κ2) is 14.3. The topological polar surface area (TPSA) is 0 Å². The fraction of sp³-hybridized carbons (Fsp3) is 0.419. The van der Waals surface area contributed by atoms with Crippen LogP contribution in [0.1, 0.15) is 82.0 Å². The van der Waals surface area contributed by atoms with Gasteiger partial charge in [-0.2, -0.15) is 0 Å². The van der Waals surface area contributed by atoms with Crippen molar-refractivity contribution in [2.45, 2.75) is 75.5 Å². The molecule has 0 bridgehead atoms. The van der Waals surface area contributed by atoms with Crippen molar-refractivity contribution in [2.75, 3.05) is 0 Å². The first-order valence-electron chi connectivity index (χ1n) is 13.0. The zero-order valence-electron chi connectivity index (χ0n) is 23.1. The smallest absolute Gasteiger partial charge is 0.0536 e. The van der Waals surface area contributed by atoms with Gasteiger partial charge in [0, 0.05) is 0 Å². The molecule has 0 heterocycles. The Morgan fingerprint density at radius 2 is 1.46 bits per heavy atom. The Hall–Kier alpha value is -0.660. The maximum absolute atomic E-state index is 2.72. The number of unbranched alkanes of at least 4 members (excludes halogenated alkanes) is 3. The summed E-state index contributed by atoms with van der Waals surface area (Å²) in [4.78, 5) is 0. The van der Waals surface area contributed by atoms with E-state index in [2.05, 4.69) is 107 Å². The third-order valence-corrected chi connectivity index (χ3v) is 25.2. The van der Waals surface area contributed by atoms with E-state index in [-0.39, 0.29) is 24.8 Å². The number of halogens is 2. The molecule has 192 valence electrons. The summed E-state index contributed by atoms with van der Waals surface area (Å²) >= 11 is -2.46. The first-order valence-corrected chi connectivity index (χ1v) is 26.5. The predicted molar refractivity (Wildman–Crippen MR) is 164 cm³/mol. The molecule has 0 fully saturated rings. The van der Waals surface area contributed by atoms with Gasteiger partial charge in [0.25, 0.3) is 0 Å². The summed E-state index contributed by atoms with van der Waals surface area (Å²) in [7, 11) is 1.35. The van der Waals surface area contributed by atoms with Crippen molar-refractivity contribution in [1.82, 2.24) is 0 Å². The largest absolute Gasteiger partial charge is 0.147 e. The van der Waals surface area contributed by atoms with Gasteiger partial charge in [-0.25, -0.2) is 0 Å². The van der Waals surface area contributed by atoms with Crippen molar-refractivity contribution < 1.29 is 19.4 Å². The Morgan fingerprint density at radius 1 is 0.857 bits per heavy atom. The molecule has 0 radical (unpaired) electrons. The number of fused-ring (bicyclic) bond motifs is 1. The number of allylic oxidation sites excluding steroid dienone is 5. The molecule has 35 heavy (non-hydrogen) atoms. The van der Waals surface area contributed by atoms with Gasteiger partial charge >= 0.3 is 172 Å². The number of benzene rings is 2. The fourth-order valence-corrected chi connectivity index (χ4v) is 27.9. The van der Waals surface area contributed by atoms with Gasteiger partial charge in [-0.1, -0.05) is 39.5 Å². The monoisotopic (exact) mass is 606 g/mol. The quantitative estimate of drug-likeness (QED) is 0.226. The van der Waals surface area contributed by atoms with Gasteiger partial charge in [0.1, 0.15) is 0 Å². The standard InChI is InChI=1S/C16H13.C8H11.C6H14.CH3.2ClH.H3Si.Zr/c1-12-10-14-8-5-9-15(16(14)11-12)13-6-3-2-4-7-13;1-6-4-7(2)8(3)5-6;1-3-5-6-4-2;;;;;/h2-11H,1H3;4,6H,1-3H3;3-6H2,1-2H3;1H3;2*1H;1H3;. The van der Waals surface area contributed by atoms with Gasteiger partial charge in [0.15, 0.2) is 0 Å². The van der Waals surface area contributed by atoms with E-state index in [0.29, 0.717) is 9.54 Å². The SMILES string of the molecule is CC1=CC(C)[C]([Zr]([CH3])([SiH3])[CH]2C(C)=Cc3c(-c4ccccc4)cccc32)=C1C.CCCCCC.Cl.Cl. The summed E-state index contributed by atoms with van der Waals surface area (Å²) in [5.41, 5.74) is 10.6. The predicted octanol–water partition coefficient (Wildman–Crippen LogP) is 9.59. The number of rotatable bonds is 6. The first-order chi connectivity index (χ1) is 15.7. The van der Waals surface area contributed by atoms with E-state index in [1.54, 1.807) is 16.7 Å². The Labute approximate surface area is 234 Å². The summed E-state index contributed by atoms with van der Waals surface area (Å²) in [5.74, 6) is 0.650. The van der Waals surface area contributed by atoms with Crippen molar-refractivity contribution in [2.24, 2.45) is 5.92 Å². The van der Waals surface area contributed by atoms with Crippen molar-refractivity contribution in [3.63, 3.8) is 0 Å². The molecule has 0 aromatic heterocycles. The molecule has 0 saturated heterocycles. The Balaban J connectivity index is 0.000000686. The molecule has 3 atom stereocenters. The van der Waals surface area contributed by atoms with Crippen LogP contribution in [0.15, 0.2) is 74.6 Å². The van der Waals surface area contributed by atoms with Crippen molar-refractivity contribution in [3.05, 3.63) is 85.7 Å². The minimum atomic E-state index is -2.46. The normalized spacial score (nSPS) is 20.0. The van der Waals surface area contributed by atoms with Crippen molar-refractivity contribution in [3.8, 4) is 11.1 Å². The zero-order valence-corrected chi connectivity index (χ0v) is 29.2. The molecule has 0 amide bonds. The van der Waals surface area contributed by atoms with Crippen LogP contribution >= 0.6 is 24.8 Å². The average molecular weight is 609 g/mol. The third-order valence-electron chi connectivity index (χ3n) is 7.69. The Bertz CT molecular complexity index is 1060. The minimum absolute atomic E-state index is 0. The molecule has 2 aromatic rings. The summed E-state index contributed by atoms with van der Waals surface area (Å²) in [6.07, 6.45) is 10.5. The van der Waals surface area contributed by atoms with E-state index in [1.165, 1.54) is 55.3 Å². The van der Waals surface area contributed by atoms with Gasteiger partial charge in [0.05, 0.1) is 0 Å². The third kappa shape index (κ3) is 7.01. The van der Waals surface area contributed by atoms with Crippen LogP contribution in [0.5, 0.6) is 0 Å². The van der Waals surface area contributed by atoms with E-state index in [0.717, 1.165) is 0 Å². The second-order valence-electron chi connectivity index (χ2n) is 10.6. The molecule has 2 aromatic carbocycles. The van der Waals surface area contributed by atoms with Crippen LogP contribution < -0.4 is 0 Å². The minimum Gasteiger partial charge on any atom is -0.147 e. The van der Waals surface area contributed by atoms with Crippen LogP contribution in [0.4, 0.5) is 0 Å². The van der Waals surface area contributed by atoms with Crippen LogP contribution in [0.3, 0.4) is 0 Å². The van der Waals surface area contributed by atoms with Crippen LogP contribution in [-0.2, 0) is 19.4 Å².